The average molecular weight is 466 g/mol. The number of hydrogen-bond donors (Lipinski definition) is 2. The van der Waals surface area contributed by atoms with Crippen molar-refractivity contribution in [2.45, 2.75) is 44.6 Å². The van der Waals surface area contributed by atoms with Gasteiger partial charge in [0.15, 0.2) is 0 Å². The van der Waals surface area contributed by atoms with E-state index in [0.29, 0.717) is 19.4 Å². The van der Waals surface area contributed by atoms with E-state index in [0.717, 1.165) is 69.1 Å². The van der Waals surface area contributed by atoms with E-state index in [-0.39, 0.29) is 17.7 Å². The van der Waals surface area contributed by atoms with Crippen molar-refractivity contribution in [2.75, 3.05) is 45.3 Å². The van der Waals surface area contributed by atoms with E-state index in [9.17, 15) is 9.59 Å². The number of morpholine rings is 1. The van der Waals surface area contributed by atoms with Crippen molar-refractivity contribution >= 4 is 17.5 Å². The normalized spacial score (nSPS) is 18.1. The number of aryl methyl sites for hydroxylation is 1. The lowest BCUT2D eigenvalue weighted by Crippen LogP contribution is -2.38. The third-order valence-electron chi connectivity index (χ3n) is 6.68. The Hall–Kier alpha value is -2.90. The van der Waals surface area contributed by atoms with Gasteiger partial charge in [-0.3, -0.25) is 14.5 Å². The maximum atomic E-state index is 12.7. The lowest BCUT2D eigenvalue weighted by Gasteiger charge is -2.26. The van der Waals surface area contributed by atoms with Crippen LogP contribution in [0.4, 0.5) is 5.69 Å². The fraction of sp³-hybridized carbons (Fsp3) is 0.481. The Morgan fingerprint density at radius 1 is 1.12 bits per heavy atom. The number of ether oxygens (including phenoxy) is 2. The molecule has 2 aliphatic rings. The molecule has 2 aromatic carbocycles. The first-order valence-corrected chi connectivity index (χ1v) is 12.2. The Morgan fingerprint density at radius 2 is 1.97 bits per heavy atom. The third-order valence-corrected chi connectivity index (χ3v) is 6.68. The zero-order valence-electron chi connectivity index (χ0n) is 20.0. The van der Waals surface area contributed by atoms with Crippen LogP contribution in [-0.4, -0.2) is 56.7 Å². The van der Waals surface area contributed by atoms with Gasteiger partial charge in [0.2, 0.25) is 11.8 Å². The molecule has 1 atom stereocenters. The molecule has 1 aliphatic carbocycles. The Kier molecular flexibility index (Phi) is 8.55. The Morgan fingerprint density at radius 3 is 2.79 bits per heavy atom. The minimum absolute atomic E-state index is 0.000252. The van der Waals surface area contributed by atoms with Crippen LogP contribution in [0.15, 0.2) is 42.5 Å². The molecule has 0 radical (unpaired) electrons. The summed E-state index contributed by atoms with van der Waals surface area (Å²) < 4.78 is 10.7. The van der Waals surface area contributed by atoms with E-state index in [1.807, 2.05) is 30.3 Å². The maximum absolute atomic E-state index is 12.7. The van der Waals surface area contributed by atoms with Gasteiger partial charge in [0.1, 0.15) is 5.75 Å². The van der Waals surface area contributed by atoms with Crippen LogP contribution in [0.25, 0.3) is 0 Å². The van der Waals surface area contributed by atoms with E-state index >= 15 is 0 Å². The third kappa shape index (κ3) is 6.81. The first-order valence-electron chi connectivity index (χ1n) is 12.2. The van der Waals surface area contributed by atoms with E-state index in [1.165, 1.54) is 11.1 Å². The molecule has 2 aromatic rings. The van der Waals surface area contributed by atoms with E-state index in [2.05, 4.69) is 27.7 Å². The van der Waals surface area contributed by atoms with Crippen LogP contribution in [0, 0.1) is 0 Å². The van der Waals surface area contributed by atoms with Crippen molar-refractivity contribution in [2.24, 2.45) is 0 Å². The van der Waals surface area contributed by atoms with Crippen LogP contribution in [-0.2, 0) is 27.3 Å². The summed E-state index contributed by atoms with van der Waals surface area (Å²) in [4.78, 5) is 27.3. The summed E-state index contributed by atoms with van der Waals surface area (Å²) in [7, 11) is 1.68. The standard InChI is InChI=1S/C27H35N3O4/c1-33-24-8-9-25-21(17-24)5-3-6-22(25)18-27(32)28-19-20-4-2-7-23(16-20)29-26(31)10-11-30-12-14-34-15-13-30/h2,4,7-9,16-17,22H,3,5-6,10-15,18-19H2,1H3,(H,28,32)(H,29,31). The van der Waals surface area contributed by atoms with Gasteiger partial charge in [-0.2, -0.15) is 0 Å². The molecule has 1 heterocycles. The molecular formula is C27H35N3O4. The molecule has 4 rings (SSSR count). The fourth-order valence-electron chi connectivity index (χ4n) is 4.79. The van der Waals surface area contributed by atoms with Gasteiger partial charge in [0, 0.05) is 44.7 Å². The SMILES string of the molecule is COc1ccc2c(c1)CCCC2CC(=O)NCc1cccc(NC(=O)CCN2CCOCC2)c1. The number of fused-ring (bicyclic) bond motifs is 1. The number of rotatable bonds is 9. The predicted molar refractivity (Wildman–Crippen MR) is 132 cm³/mol. The fourth-order valence-corrected chi connectivity index (χ4v) is 4.79. The lowest BCUT2D eigenvalue weighted by molar-refractivity contribution is -0.121. The molecule has 0 bridgehead atoms. The van der Waals surface area contributed by atoms with Gasteiger partial charge in [-0.15, -0.1) is 0 Å². The van der Waals surface area contributed by atoms with Crippen molar-refractivity contribution in [3.63, 3.8) is 0 Å². The lowest BCUT2D eigenvalue weighted by atomic mass is 9.81. The van der Waals surface area contributed by atoms with Gasteiger partial charge >= 0.3 is 0 Å². The topological polar surface area (TPSA) is 79.9 Å². The molecule has 1 aliphatic heterocycles. The number of nitrogens with one attached hydrogen (secondary N) is 2. The summed E-state index contributed by atoms with van der Waals surface area (Å²) in [5, 5.41) is 6.03. The summed E-state index contributed by atoms with van der Waals surface area (Å²) in [5.41, 5.74) is 4.28. The molecule has 1 fully saturated rings. The number of methoxy groups -OCH3 is 1. The Balaban J connectivity index is 1.24. The smallest absolute Gasteiger partial charge is 0.225 e. The van der Waals surface area contributed by atoms with Crippen LogP contribution in [0.3, 0.4) is 0 Å². The average Bonchev–Trinajstić information content (AvgIpc) is 2.87. The molecule has 34 heavy (non-hydrogen) atoms. The molecular weight excluding hydrogens is 430 g/mol. The molecule has 2 amide bonds. The minimum atomic E-state index is 0.000252. The van der Waals surface area contributed by atoms with E-state index < -0.39 is 0 Å². The molecule has 0 saturated carbocycles. The Labute approximate surface area is 201 Å². The maximum Gasteiger partial charge on any atom is 0.225 e. The Bertz CT molecular complexity index is 988. The zero-order valence-corrected chi connectivity index (χ0v) is 20.0. The number of carbonyl (C=O) groups is 2. The molecule has 7 nitrogen and oxygen atoms in total. The quantitative estimate of drug-likeness (QED) is 0.593. The highest BCUT2D eigenvalue weighted by Gasteiger charge is 2.23. The molecule has 2 N–H and O–H groups in total. The second-order valence-electron chi connectivity index (χ2n) is 9.09. The van der Waals surface area contributed by atoms with Gasteiger partial charge in [-0.25, -0.2) is 0 Å². The number of carbonyl (C=O) groups excluding carboxylic acids is 2. The molecule has 1 saturated heterocycles. The monoisotopic (exact) mass is 465 g/mol. The van der Waals surface area contributed by atoms with Crippen LogP contribution in [0.5, 0.6) is 5.75 Å². The summed E-state index contributed by atoms with van der Waals surface area (Å²) in [6.45, 7) is 4.40. The highest BCUT2D eigenvalue weighted by Crippen LogP contribution is 2.35. The first kappa shape index (κ1) is 24.2. The van der Waals surface area contributed by atoms with Crippen molar-refractivity contribution in [1.29, 1.82) is 0 Å². The largest absolute Gasteiger partial charge is 0.497 e. The zero-order chi connectivity index (χ0) is 23.8. The molecule has 1 unspecified atom stereocenters. The van der Waals surface area contributed by atoms with Gasteiger partial charge < -0.3 is 20.1 Å². The van der Waals surface area contributed by atoms with Crippen molar-refractivity contribution in [3.8, 4) is 5.75 Å². The van der Waals surface area contributed by atoms with Crippen molar-refractivity contribution in [3.05, 3.63) is 59.2 Å². The van der Waals surface area contributed by atoms with Crippen LogP contribution >= 0.6 is 0 Å². The molecule has 7 heteroatoms. The second kappa shape index (κ2) is 12.0. The number of hydrogen-bond acceptors (Lipinski definition) is 5. The van der Waals surface area contributed by atoms with Crippen molar-refractivity contribution in [1.82, 2.24) is 10.2 Å². The van der Waals surface area contributed by atoms with Gasteiger partial charge in [0.05, 0.1) is 20.3 Å². The van der Waals surface area contributed by atoms with Crippen LogP contribution in [0.2, 0.25) is 0 Å². The minimum Gasteiger partial charge on any atom is -0.497 e. The molecule has 0 spiro atoms. The summed E-state index contributed by atoms with van der Waals surface area (Å²) >= 11 is 0. The van der Waals surface area contributed by atoms with E-state index in [1.54, 1.807) is 7.11 Å². The van der Waals surface area contributed by atoms with E-state index in [4.69, 9.17) is 9.47 Å². The van der Waals surface area contributed by atoms with Gasteiger partial charge in [-0.05, 0) is 66.1 Å². The highest BCUT2D eigenvalue weighted by atomic mass is 16.5. The van der Waals surface area contributed by atoms with Crippen molar-refractivity contribution < 1.29 is 19.1 Å². The summed E-state index contributed by atoms with van der Waals surface area (Å²) in [6.07, 6.45) is 4.09. The summed E-state index contributed by atoms with van der Waals surface area (Å²) in [5.74, 6) is 1.16. The number of amides is 2. The molecule has 0 aromatic heterocycles. The number of anilines is 1. The molecule has 182 valence electrons. The number of benzene rings is 2. The summed E-state index contributed by atoms with van der Waals surface area (Å²) in [6, 6.07) is 13.9. The predicted octanol–water partition coefficient (Wildman–Crippen LogP) is 3.48. The van der Waals surface area contributed by atoms with Gasteiger partial charge in [-0.1, -0.05) is 18.2 Å². The highest BCUT2D eigenvalue weighted by molar-refractivity contribution is 5.90. The number of nitrogens with zero attached hydrogens (tertiary/aromatic N) is 1. The first-order chi connectivity index (χ1) is 16.6. The van der Waals surface area contributed by atoms with Crippen LogP contribution < -0.4 is 15.4 Å². The van der Waals surface area contributed by atoms with Crippen LogP contribution in [0.1, 0.15) is 48.3 Å². The second-order valence-corrected chi connectivity index (χ2v) is 9.09. The van der Waals surface area contributed by atoms with Gasteiger partial charge in [0.25, 0.3) is 0 Å².